The molecule has 100 valence electrons. The first-order chi connectivity index (χ1) is 8.78. The number of benzene rings is 1. The molecule has 0 aliphatic heterocycles. The minimum Gasteiger partial charge on any atom is -0.314 e. The Morgan fingerprint density at radius 1 is 1.33 bits per heavy atom. The fourth-order valence-corrected chi connectivity index (χ4v) is 2.84. The highest BCUT2D eigenvalue weighted by Crippen LogP contribution is 2.31. The number of hydrogen-bond acceptors (Lipinski definition) is 1. The Morgan fingerprint density at radius 2 is 2.17 bits per heavy atom. The quantitative estimate of drug-likeness (QED) is 0.762. The van der Waals surface area contributed by atoms with E-state index in [1.807, 2.05) is 0 Å². The van der Waals surface area contributed by atoms with E-state index < -0.39 is 0 Å². The average molecular weight is 245 g/mol. The summed E-state index contributed by atoms with van der Waals surface area (Å²) in [6, 6.07) is 9.65. The van der Waals surface area contributed by atoms with Crippen molar-refractivity contribution < 1.29 is 0 Å². The predicted octanol–water partition coefficient (Wildman–Crippen LogP) is 4.10. The van der Waals surface area contributed by atoms with Crippen molar-refractivity contribution in [1.29, 1.82) is 0 Å². The summed E-state index contributed by atoms with van der Waals surface area (Å²) in [5.41, 5.74) is 2.87. The molecule has 0 radical (unpaired) electrons. The van der Waals surface area contributed by atoms with Crippen LogP contribution < -0.4 is 5.32 Å². The van der Waals surface area contributed by atoms with Crippen molar-refractivity contribution in [1.82, 2.24) is 5.32 Å². The summed E-state index contributed by atoms with van der Waals surface area (Å²) in [7, 11) is 0. The molecule has 18 heavy (non-hydrogen) atoms. The largest absolute Gasteiger partial charge is 0.314 e. The lowest BCUT2D eigenvalue weighted by Gasteiger charge is -2.30. The van der Waals surface area contributed by atoms with E-state index in [4.69, 9.17) is 0 Å². The van der Waals surface area contributed by atoms with Gasteiger partial charge in [0.15, 0.2) is 0 Å². The first-order valence-electron chi connectivity index (χ1n) is 7.57. The van der Waals surface area contributed by atoms with Crippen LogP contribution in [0.15, 0.2) is 24.3 Å². The van der Waals surface area contributed by atoms with E-state index in [0.717, 1.165) is 12.5 Å². The van der Waals surface area contributed by atoms with E-state index in [0.29, 0.717) is 6.04 Å². The normalized spacial score (nSPS) is 17.4. The molecular formula is C17H27N. The molecule has 0 bridgehead atoms. The maximum absolute atomic E-state index is 3.74. The zero-order valence-corrected chi connectivity index (χ0v) is 11.9. The van der Waals surface area contributed by atoms with Crippen LogP contribution in [0, 0.1) is 12.8 Å². The van der Waals surface area contributed by atoms with Crippen LogP contribution in [-0.4, -0.2) is 12.6 Å². The van der Waals surface area contributed by atoms with Gasteiger partial charge in [0, 0.05) is 6.04 Å². The van der Waals surface area contributed by atoms with E-state index in [9.17, 15) is 0 Å². The molecule has 0 heterocycles. The van der Waals surface area contributed by atoms with E-state index in [-0.39, 0.29) is 0 Å². The van der Waals surface area contributed by atoms with Crippen LogP contribution in [0.4, 0.5) is 0 Å². The molecule has 1 N–H and O–H groups in total. The van der Waals surface area contributed by atoms with Crippen molar-refractivity contribution in [3.05, 3.63) is 35.4 Å². The molecule has 2 rings (SSSR count). The molecule has 0 saturated heterocycles. The minimum absolute atomic E-state index is 0.678. The van der Waals surface area contributed by atoms with Crippen molar-refractivity contribution in [3.8, 4) is 0 Å². The first-order valence-corrected chi connectivity index (χ1v) is 7.57. The Balaban J connectivity index is 1.90. The molecule has 1 atom stereocenters. The maximum atomic E-state index is 3.74. The second-order valence-corrected chi connectivity index (χ2v) is 5.88. The van der Waals surface area contributed by atoms with E-state index in [1.165, 1.54) is 49.7 Å². The van der Waals surface area contributed by atoms with Crippen molar-refractivity contribution in [3.63, 3.8) is 0 Å². The fraction of sp³-hybridized carbons (Fsp3) is 0.647. The Kier molecular flexibility index (Phi) is 5.25. The third-order valence-electron chi connectivity index (χ3n) is 4.09. The highest BCUT2D eigenvalue weighted by Gasteiger charge is 2.21. The van der Waals surface area contributed by atoms with Gasteiger partial charge >= 0.3 is 0 Å². The molecule has 1 heteroatoms. The van der Waals surface area contributed by atoms with Gasteiger partial charge in [-0.1, -0.05) is 56.0 Å². The molecule has 1 aromatic rings. The van der Waals surface area contributed by atoms with Gasteiger partial charge in [0.25, 0.3) is 0 Å². The predicted molar refractivity (Wildman–Crippen MR) is 78.9 cm³/mol. The van der Waals surface area contributed by atoms with Crippen LogP contribution in [0.5, 0.6) is 0 Å². The van der Waals surface area contributed by atoms with Crippen LogP contribution in [0.2, 0.25) is 0 Å². The van der Waals surface area contributed by atoms with Crippen molar-refractivity contribution in [2.45, 2.75) is 58.4 Å². The lowest BCUT2D eigenvalue weighted by molar-refractivity contribution is 0.259. The van der Waals surface area contributed by atoms with Gasteiger partial charge in [-0.25, -0.2) is 0 Å². The molecule has 1 unspecified atom stereocenters. The molecule has 1 nitrogen and oxygen atoms in total. The summed E-state index contributed by atoms with van der Waals surface area (Å²) in [5, 5.41) is 3.74. The Hall–Kier alpha value is -0.820. The molecule has 1 saturated carbocycles. The monoisotopic (exact) mass is 245 g/mol. The third kappa shape index (κ3) is 4.13. The molecule has 0 amide bonds. The van der Waals surface area contributed by atoms with E-state index in [1.54, 1.807) is 0 Å². The number of hydrogen-bond donors (Lipinski definition) is 1. The average Bonchev–Trinajstić information content (AvgIpc) is 2.30. The van der Waals surface area contributed by atoms with Gasteiger partial charge in [0.05, 0.1) is 0 Å². The topological polar surface area (TPSA) is 12.0 Å². The van der Waals surface area contributed by atoms with Gasteiger partial charge in [-0.15, -0.1) is 0 Å². The lowest BCUT2D eigenvalue weighted by Crippen LogP contribution is -2.35. The highest BCUT2D eigenvalue weighted by atomic mass is 14.9. The van der Waals surface area contributed by atoms with Crippen molar-refractivity contribution in [2.75, 3.05) is 6.54 Å². The van der Waals surface area contributed by atoms with E-state index in [2.05, 4.69) is 43.4 Å². The highest BCUT2D eigenvalue weighted by molar-refractivity contribution is 5.23. The van der Waals surface area contributed by atoms with Crippen LogP contribution >= 0.6 is 0 Å². The van der Waals surface area contributed by atoms with Crippen molar-refractivity contribution >= 4 is 0 Å². The lowest BCUT2D eigenvalue weighted by atomic mass is 9.80. The number of aryl methyl sites for hydroxylation is 1. The second kappa shape index (κ2) is 6.94. The minimum atomic E-state index is 0.678. The molecule has 1 fully saturated rings. The van der Waals surface area contributed by atoms with E-state index >= 15 is 0 Å². The molecule has 1 aliphatic rings. The van der Waals surface area contributed by atoms with Crippen LogP contribution in [0.1, 0.15) is 50.2 Å². The Labute approximate surface area is 112 Å². The molecule has 0 spiro atoms. The summed E-state index contributed by atoms with van der Waals surface area (Å²) in [4.78, 5) is 0. The van der Waals surface area contributed by atoms with Crippen LogP contribution in [-0.2, 0) is 6.42 Å². The summed E-state index contributed by atoms with van der Waals surface area (Å²) in [6.07, 6.45) is 8.16. The zero-order chi connectivity index (χ0) is 12.8. The maximum Gasteiger partial charge on any atom is 0.0110 e. The van der Waals surface area contributed by atoms with Gasteiger partial charge in [0.2, 0.25) is 0 Å². The summed E-state index contributed by atoms with van der Waals surface area (Å²) in [6.45, 7) is 5.59. The third-order valence-corrected chi connectivity index (χ3v) is 4.09. The van der Waals surface area contributed by atoms with Gasteiger partial charge in [-0.2, -0.15) is 0 Å². The SMILES string of the molecule is CCCNC(Cc1cccc(C)c1)CC1CCC1. The summed E-state index contributed by atoms with van der Waals surface area (Å²) < 4.78 is 0. The molecule has 1 aromatic carbocycles. The van der Waals surface area contributed by atoms with Gasteiger partial charge in [-0.3, -0.25) is 0 Å². The summed E-state index contributed by atoms with van der Waals surface area (Å²) >= 11 is 0. The van der Waals surface area contributed by atoms with Crippen LogP contribution in [0.3, 0.4) is 0 Å². The molecule has 1 aliphatic carbocycles. The van der Waals surface area contributed by atoms with Gasteiger partial charge in [-0.05, 0) is 44.2 Å². The molecular weight excluding hydrogens is 218 g/mol. The second-order valence-electron chi connectivity index (χ2n) is 5.88. The Morgan fingerprint density at radius 3 is 2.78 bits per heavy atom. The first kappa shape index (κ1) is 13.6. The smallest absolute Gasteiger partial charge is 0.0110 e. The number of nitrogens with one attached hydrogen (secondary N) is 1. The van der Waals surface area contributed by atoms with Crippen LogP contribution in [0.25, 0.3) is 0 Å². The standard InChI is InChI=1S/C17H27N/c1-3-10-18-17(12-15-7-5-8-15)13-16-9-4-6-14(2)11-16/h4,6,9,11,15,17-18H,3,5,7-8,10,12-13H2,1-2H3. The van der Waals surface area contributed by atoms with Crippen molar-refractivity contribution in [2.24, 2.45) is 5.92 Å². The zero-order valence-electron chi connectivity index (χ0n) is 11.9. The van der Waals surface area contributed by atoms with Gasteiger partial charge in [0.1, 0.15) is 0 Å². The Bertz CT molecular complexity index is 354. The van der Waals surface area contributed by atoms with Gasteiger partial charge < -0.3 is 5.32 Å². The fourth-order valence-electron chi connectivity index (χ4n) is 2.84. The molecule has 0 aromatic heterocycles. The number of rotatable bonds is 7. The summed E-state index contributed by atoms with van der Waals surface area (Å²) in [5.74, 6) is 0.990.